The van der Waals surface area contributed by atoms with Crippen molar-refractivity contribution in [3.05, 3.63) is 12.4 Å². The van der Waals surface area contributed by atoms with E-state index in [2.05, 4.69) is 4.98 Å². The Hall–Kier alpha value is -1.17. The molecule has 0 atom stereocenters. The fourth-order valence-corrected chi connectivity index (χ4v) is 1.22. The lowest BCUT2D eigenvalue weighted by Crippen LogP contribution is -2.33. The number of aliphatic hydroxyl groups is 1. The monoisotopic (exact) mass is 205 g/mol. The Balaban J connectivity index is 2.72. The van der Waals surface area contributed by atoms with E-state index in [1.54, 1.807) is 17.8 Å². The van der Waals surface area contributed by atoms with E-state index in [0.29, 0.717) is 5.95 Å². The first kappa shape index (κ1) is 10.9. The summed E-state index contributed by atoms with van der Waals surface area (Å²) in [5.41, 5.74) is 0. The van der Waals surface area contributed by atoms with E-state index in [1.165, 1.54) is 11.1 Å². The Kier molecular flexibility index (Phi) is 3.82. The van der Waals surface area contributed by atoms with Crippen molar-refractivity contribution in [2.24, 2.45) is 7.05 Å². The molecule has 0 fully saturated rings. The van der Waals surface area contributed by atoms with E-state index in [0.717, 1.165) is 0 Å². The van der Waals surface area contributed by atoms with Crippen LogP contribution in [0.3, 0.4) is 0 Å². The highest BCUT2D eigenvalue weighted by atomic mass is 19.3. The lowest BCUT2D eigenvalue weighted by atomic mass is 10.5. The number of aliphatic hydroxyl groups excluding tert-OH is 1. The number of halogens is 2. The fourth-order valence-electron chi connectivity index (χ4n) is 1.22. The summed E-state index contributed by atoms with van der Waals surface area (Å²) < 4.78 is 26.0. The van der Waals surface area contributed by atoms with Crippen molar-refractivity contribution in [2.45, 2.75) is 6.43 Å². The van der Waals surface area contributed by atoms with E-state index in [-0.39, 0.29) is 13.2 Å². The second-order valence-electron chi connectivity index (χ2n) is 2.90. The molecule has 0 bridgehead atoms. The van der Waals surface area contributed by atoms with Crippen molar-refractivity contribution in [3.8, 4) is 0 Å². The average Bonchev–Trinajstić information content (AvgIpc) is 2.50. The van der Waals surface area contributed by atoms with Crippen LogP contribution in [0, 0.1) is 0 Å². The molecule has 0 aliphatic rings. The van der Waals surface area contributed by atoms with Gasteiger partial charge in [0, 0.05) is 26.0 Å². The molecule has 80 valence electrons. The van der Waals surface area contributed by atoms with Crippen LogP contribution in [0.2, 0.25) is 0 Å². The molecule has 6 heteroatoms. The van der Waals surface area contributed by atoms with Crippen molar-refractivity contribution in [1.82, 2.24) is 9.55 Å². The molecule has 0 aliphatic heterocycles. The molecule has 0 radical (unpaired) electrons. The zero-order chi connectivity index (χ0) is 10.6. The minimum absolute atomic E-state index is 0.162. The van der Waals surface area contributed by atoms with Gasteiger partial charge in [0.25, 0.3) is 6.43 Å². The number of hydrogen-bond acceptors (Lipinski definition) is 3. The largest absolute Gasteiger partial charge is 0.395 e. The molecule has 0 amide bonds. The summed E-state index contributed by atoms with van der Waals surface area (Å²) in [4.78, 5) is 5.28. The van der Waals surface area contributed by atoms with Gasteiger partial charge in [-0.05, 0) is 0 Å². The number of hydrogen-bond donors (Lipinski definition) is 1. The average molecular weight is 205 g/mol. The molecular weight excluding hydrogens is 192 g/mol. The van der Waals surface area contributed by atoms with Gasteiger partial charge < -0.3 is 14.6 Å². The van der Waals surface area contributed by atoms with Crippen LogP contribution in [0.4, 0.5) is 14.7 Å². The van der Waals surface area contributed by atoms with Gasteiger partial charge in [-0.3, -0.25) is 0 Å². The van der Waals surface area contributed by atoms with Gasteiger partial charge in [-0.15, -0.1) is 0 Å². The first-order chi connectivity index (χ1) is 6.65. The first-order valence-corrected chi connectivity index (χ1v) is 4.26. The molecule has 0 saturated heterocycles. The summed E-state index contributed by atoms with van der Waals surface area (Å²) in [6, 6.07) is 0. The molecule has 0 spiro atoms. The van der Waals surface area contributed by atoms with Crippen LogP contribution >= 0.6 is 0 Å². The van der Waals surface area contributed by atoms with Crippen LogP contribution < -0.4 is 4.90 Å². The van der Waals surface area contributed by atoms with Crippen LogP contribution in [0.15, 0.2) is 12.4 Å². The number of rotatable bonds is 5. The van der Waals surface area contributed by atoms with Crippen molar-refractivity contribution < 1.29 is 13.9 Å². The van der Waals surface area contributed by atoms with Crippen molar-refractivity contribution in [2.75, 3.05) is 24.6 Å². The summed E-state index contributed by atoms with van der Waals surface area (Å²) in [5.74, 6) is 0.444. The minimum Gasteiger partial charge on any atom is -0.395 e. The predicted molar refractivity (Wildman–Crippen MR) is 48.5 cm³/mol. The number of aromatic nitrogens is 2. The van der Waals surface area contributed by atoms with Gasteiger partial charge in [0.05, 0.1) is 13.2 Å². The molecule has 0 saturated carbocycles. The second-order valence-corrected chi connectivity index (χ2v) is 2.90. The molecule has 0 unspecified atom stereocenters. The van der Waals surface area contributed by atoms with Crippen molar-refractivity contribution >= 4 is 5.95 Å². The molecule has 14 heavy (non-hydrogen) atoms. The Morgan fingerprint density at radius 1 is 1.64 bits per heavy atom. The van der Waals surface area contributed by atoms with Gasteiger partial charge >= 0.3 is 0 Å². The molecule has 0 aromatic carbocycles. The maximum atomic E-state index is 12.2. The topological polar surface area (TPSA) is 41.3 Å². The third-order valence-electron chi connectivity index (χ3n) is 1.81. The van der Waals surface area contributed by atoms with E-state index in [9.17, 15) is 8.78 Å². The van der Waals surface area contributed by atoms with E-state index in [1.807, 2.05) is 0 Å². The molecule has 1 heterocycles. The number of imidazole rings is 1. The maximum absolute atomic E-state index is 12.2. The third-order valence-corrected chi connectivity index (χ3v) is 1.81. The zero-order valence-corrected chi connectivity index (χ0v) is 7.90. The molecule has 4 nitrogen and oxygen atoms in total. The van der Waals surface area contributed by atoms with E-state index < -0.39 is 13.0 Å². The Bertz CT molecular complexity index is 277. The van der Waals surface area contributed by atoms with Crippen LogP contribution in [0.25, 0.3) is 0 Å². The Morgan fingerprint density at radius 3 is 2.79 bits per heavy atom. The van der Waals surface area contributed by atoms with Gasteiger partial charge in [0.15, 0.2) is 0 Å². The summed E-state index contributed by atoms with van der Waals surface area (Å²) in [7, 11) is 1.72. The van der Waals surface area contributed by atoms with Crippen LogP contribution in [0.1, 0.15) is 0 Å². The number of anilines is 1. The standard InChI is InChI=1S/C8H13F2N3O/c1-12-3-2-11-8(12)13(4-5-14)6-7(9)10/h2-3,7,14H,4-6H2,1H3. The van der Waals surface area contributed by atoms with Crippen LogP contribution in [0.5, 0.6) is 0 Å². The van der Waals surface area contributed by atoms with Crippen molar-refractivity contribution in [3.63, 3.8) is 0 Å². The van der Waals surface area contributed by atoms with E-state index >= 15 is 0 Å². The van der Waals surface area contributed by atoms with Gasteiger partial charge in [0.1, 0.15) is 0 Å². The van der Waals surface area contributed by atoms with E-state index in [4.69, 9.17) is 5.11 Å². The number of aryl methyl sites for hydroxylation is 1. The highest BCUT2D eigenvalue weighted by Gasteiger charge is 2.15. The first-order valence-electron chi connectivity index (χ1n) is 4.26. The highest BCUT2D eigenvalue weighted by molar-refractivity contribution is 5.30. The Labute approximate surface area is 80.8 Å². The smallest absolute Gasteiger partial charge is 0.255 e. The normalized spacial score (nSPS) is 10.9. The van der Waals surface area contributed by atoms with Gasteiger partial charge in [-0.1, -0.05) is 0 Å². The van der Waals surface area contributed by atoms with Gasteiger partial charge in [0.2, 0.25) is 5.95 Å². The quantitative estimate of drug-likeness (QED) is 0.760. The second kappa shape index (κ2) is 4.90. The van der Waals surface area contributed by atoms with Gasteiger partial charge in [-0.25, -0.2) is 13.8 Å². The third kappa shape index (κ3) is 2.66. The number of nitrogens with zero attached hydrogens (tertiary/aromatic N) is 3. The summed E-state index contributed by atoms with van der Waals surface area (Å²) in [5, 5.41) is 8.72. The SMILES string of the molecule is Cn1ccnc1N(CCO)CC(F)F. The van der Waals surface area contributed by atoms with Crippen LogP contribution in [-0.4, -0.2) is 40.8 Å². The minimum atomic E-state index is -2.43. The maximum Gasteiger partial charge on any atom is 0.255 e. The molecule has 1 aromatic heterocycles. The summed E-state index contributed by atoms with van der Waals surface area (Å²) in [6.45, 7) is -0.416. The fraction of sp³-hybridized carbons (Fsp3) is 0.625. The summed E-state index contributed by atoms with van der Waals surface area (Å²) >= 11 is 0. The zero-order valence-electron chi connectivity index (χ0n) is 7.90. The lowest BCUT2D eigenvalue weighted by molar-refractivity contribution is 0.152. The molecule has 1 N–H and O–H groups in total. The van der Waals surface area contributed by atoms with Gasteiger partial charge in [-0.2, -0.15) is 0 Å². The number of alkyl halides is 2. The summed E-state index contributed by atoms with van der Waals surface area (Å²) in [6.07, 6.45) is 0.773. The molecular formula is C8H13F2N3O. The predicted octanol–water partition coefficient (Wildman–Crippen LogP) is 0.484. The Morgan fingerprint density at radius 2 is 2.36 bits per heavy atom. The molecule has 0 aliphatic carbocycles. The molecule has 1 aromatic rings. The lowest BCUT2D eigenvalue weighted by Gasteiger charge is -2.21. The van der Waals surface area contributed by atoms with Crippen molar-refractivity contribution in [1.29, 1.82) is 0 Å². The molecule has 1 rings (SSSR count). The van der Waals surface area contributed by atoms with Crippen LogP contribution in [-0.2, 0) is 7.05 Å². The highest BCUT2D eigenvalue weighted by Crippen LogP contribution is 2.11.